The Hall–Kier alpha value is -0.730. The van der Waals surface area contributed by atoms with Crippen LogP contribution < -0.4 is 0 Å². The zero-order chi connectivity index (χ0) is 15.8. The van der Waals surface area contributed by atoms with Gasteiger partial charge in [0.2, 0.25) is 0 Å². The fraction of sp³-hybridized carbons (Fsp3) is 0.947. The molecule has 0 bridgehead atoms. The van der Waals surface area contributed by atoms with Gasteiger partial charge >= 0.3 is 6.16 Å². The van der Waals surface area contributed by atoms with Crippen LogP contribution in [0.4, 0.5) is 4.79 Å². The van der Waals surface area contributed by atoms with Crippen molar-refractivity contribution in [3.63, 3.8) is 0 Å². The molecule has 128 valence electrons. The largest absolute Gasteiger partial charge is 0.508 e. The second-order valence-corrected chi connectivity index (χ2v) is 7.39. The fourth-order valence-corrected chi connectivity index (χ4v) is 4.49. The van der Waals surface area contributed by atoms with Gasteiger partial charge in [-0.1, -0.05) is 45.4 Å². The molecule has 0 aromatic heterocycles. The van der Waals surface area contributed by atoms with Crippen LogP contribution in [0.5, 0.6) is 0 Å². The summed E-state index contributed by atoms with van der Waals surface area (Å²) < 4.78 is 9.87. The van der Waals surface area contributed by atoms with Crippen molar-refractivity contribution in [2.75, 3.05) is 7.11 Å². The van der Waals surface area contributed by atoms with E-state index in [9.17, 15) is 4.79 Å². The van der Waals surface area contributed by atoms with Gasteiger partial charge in [0.15, 0.2) is 0 Å². The summed E-state index contributed by atoms with van der Waals surface area (Å²) in [6.07, 6.45) is 15.5. The molecule has 0 atom stereocenters. The molecule has 0 amide bonds. The van der Waals surface area contributed by atoms with E-state index >= 15 is 0 Å². The van der Waals surface area contributed by atoms with Crippen LogP contribution in [0.15, 0.2) is 0 Å². The highest BCUT2D eigenvalue weighted by molar-refractivity contribution is 5.59. The Morgan fingerprint density at radius 3 is 2.05 bits per heavy atom. The van der Waals surface area contributed by atoms with Gasteiger partial charge in [-0.05, 0) is 56.3 Å². The smallest absolute Gasteiger partial charge is 0.438 e. The molecule has 0 unspecified atom stereocenters. The van der Waals surface area contributed by atoms with Gasteiger partial charge in [0, 0.05) is 0 Å². The molecule has 2 aliphatic rings. The number of hydrogen-bond acceptors (Lipinski definition) is 3. The van der Waals surface area contributed by atoms with Crippen molar-refractivity contribution in [3.8, 4) is 0 Å². The summed E-state index contributed by atoms with van der Waals surface area (Å²) in [6.45, 7) is 2.29. The molecule has 0 heterocycles. The number of rotatable bonds is 6. The minimum atomic E-state index is -0.518. The van der Waals surface area contributed by atoms with E-state index in [1.165, 1.54) is 71.3 Å². The van der Waals surface area contributed by atoms with Crippen LogP contribution >= 0.6 is 0 Å². The number of hydrogen-bond donors (Lipinski definition) is 0. The van der Waals surface area contributed by atoms with Crippen molar-refractivity contribution in [1.29, 1.82) is 0 Å². The minimum absolute atomic E-state index is 0.0917. The van der Waals surface area contributed by atoms with Gasteiger partial charge in [0.1, 0.15) is 6.10 Å². The Kier molecular flexibility index (Phi) is 7.54. The average Bonchev–Trinajstić information content (AvgIpc) is 2.56. The molecule has 2 aliphatic carbocycles. The summed E-state index contributed by atoms with van der Waals surface area (Å²) in [5, 5.41) is 0. The first-order valence-corrected chi connectivity index (χ1v) is 9.47. The third kappa shape index (κ3) is 5.48. The minimum Gasteiger partial charge on any atom is -0.438 e. The van der Waals surface area contributed by atoms with Gasteiger partial charge in [-0.25, -0.2) is 4.79 Å². The summed E-state index contributed by atoms with van der Waals surface area (Å²) in [6, 6.07) is 0. The molecule has 2 rings (SSSR count). The fourth-order valence-electron chi connectivity index (χ4n) is 4.49. The van der Waals surface area contributed by atoms with E-state index in [1.807, 2.05) is 0 Å². The van der Waals surface area contributed by atoms with Crippen LogP contribution in [-0.2, 0) is 9.47 Å². The molecular weight excluding hydrogens is 276 g/mol. The Morgan fingerprint density at radius 1 is 0.909 bits per heavy atom. The van der Waals surface area contributed by atoms with Crippen LogP contribution in [0.3, 0.4) is 0 Å². The highest BCUT2D eigenvalue weighted by atomic mass is 16.7. The standard InChI is InChI=1S/C19H34O3/c1-3-4-5-6-15-7-9-16(10-8-15)17-11-13-18(14-12-17)22-19(20)21-2/h15-18H,3-14H2,1-2H3. The zero-order valence-electron chi connectivity index (χ0n) is 14.5. The maximum atomic E-state index is 11.2. The Balaban J connectivity index is 1.63. The Labute approximate surface area is 136 Å². The van der Waals surface area contributed by atoms with E-state index in [-0.39, 0.29) is 6.10 Å². The van der Waals surface area contributed by atoms with Gasteiger partial charge in [-0.3, -0.25) is 0 Å². The summed E-state index contributed by atoms with van der Waals surface area (Å²) >= 11 is 0. The van der Waals surface area contributed by atoms with Crippen LogP contribution in [0.2, 0.25) is 0 Å². The molecule has 0 spiro atoms. The zero-order valence-corrected chi connectivity index (χ0v) is 14.5. The van der Waals surface area contributed by atoms with E-state index in [4.69, 9.17) is 4.74 Å². The van der Waals surface area contributed by atoms with Crippen molar-refractivity contribution < 1.29 is 14.3 Å². The van der Waals surface area contributed by atoms with E-state index in [2.05, 4.69) is 11.7 Å². The second-order valence-electron chi connectivity index (χ2n) is 7.39. The molecule has 0 aliphatic heterocycles. The predicted octanol–water partition coefficient (Wildman–Crippen LogP) is 5.71. The average molecular weight is 310 g/mol. The van der Waals surface area contributed by atoms with Gasteiger partial charge in [0.25, 0.3) is 0 Å². The van der Waals surface area contributed by atoms with Crippen molar-refractivity contribution in [2.24, 2.45) is 17.8 Å². The maximum Gasteiger partial charge on any atom is 0.508 e. The molecule has 0 saturated heterocycles. The molecule has 3 nitrogen and oxygen atoms in total. The molecular formula is C19H34O3. The van der Waals surface area contributed by atoms with E-state index < -0.39 is 6.16 Å². The molecule has 2 fully saturated rings. The Morgan fingerprint density at radius 2 is 1.50 bits per heavy atom. The molecule has 0 aromatic carbocycles. The summed E-state index contributed by atoms with van der Waals surface area (Å²) in [5.74, 6) is 2.80. The summed E-state index contributed by atoms with van der Waals surface area (Å²) in [7, 11) is 1.38. The number of methoxy groups -OCH3 is 1. The summed E-state index contributed by atoms with van der Waals surface area (Å²) in [4.78, 5) is 11.2. The molecule has 0 radical (unpaired) electrons. The number of unbranched alkanes of at least 4 members (excludes halogenated alkanes) is 2. The predicted molar refractivity (Wildman–Crippen MR) is 88.8 cm³/mol. The lowest BCUT2D eigenvalue weighted by atomic mass is 9.70. The quantitative estimate of drug-likeness (QED) is 0.465. The SMILES string of the molecule is CCCCCC1CCC(C2CCC(OC(=O)OC)CC2)CC1. The van der Waals surface area contributed by atoms with E-state index in [0.29, 0.717) is 0 Å². The maximum absolute atomic E-state index is 11.2. The number of ether oxygens (including phenoxy) is 2. The third-order valence-corrected chi connectivity index (χ3v) is 5.92. The van der Waals surface area contributed by atoms with Gasteiger partial charge < -0.3 is 9.47 Å². The van der Waals surface area contributed by atoms with Crippen molar-refractivity contribution in [3.05, 3.63) is 0 Å². The lowest BCUT2D eigenvalue weighted by molar-refractivity contribution is 0.00911. The first kappa shape index (κ1) is 17.6. The molecule has 0 aromatic rings. The molecule has 3 heteroatoms. The number of carbonyl (C=O) groups excluding carboxylic acids is 1. The lowest BCUT2D eigenvalue weighted by Crippen LogP contribution is -2.29. The van der Waals surface area contributed by atoms with Crippen LogP contribution in [0.1, 0.15) is 84.0 Å². The van der Waals surface area contributed by atoms with Gasteiger partial charge in [-0.15, -0.1) is 0 Å². The second kappa shape index (κ2) is 9.42. The van der Waals surface area contributed by atoms with Crippen molar-refractivity contribution >= 4 is 6.16 Å². The highest BCUT2D eigenvalue weighted by Gasteiger charge is 2.31. The topological polar surface area (TPSA) is 35.5 Å². The van der Waals surface area contributed by atoms with Crippen LogP contribution in [0, 0.1) is 17.8 Å². The lowest BCUT2D eigenvalue weighted by Gasteiger charge is -2.37. The highest BCUT2D eigenvalue weighted by Crippen LogP contribution is 2.41. The van der Waals surface area contributed by atoms with Gasteiger partial charge in [0.05, 0.1) is 7.11 Å². The first-order chi connectivity index (χ1) is 10.7. The normalized spacial score (nSPS) is 32.5. The number of carbonyl (C=O) groups is 1. The third-order valence-electron chi connectivity index (χ3n) is 5.92. The summed E-state index contributed by atoms with van der Waals surface area (Å²) in [5.41, 5.74) is 0. The van der Waals surface area contributed by atoms with Crippen LogP contribution in [0.25, 0.3) is 0 Å². The molecule has 22 heavy (non-hydrogen) atoms. The van der Waals surface area contributed by atoms with Crippen molar-refractivity contribution in [1.82, 2.24) is 0 Å². The van der Waals surface area contributed by atoms with Crippen LogP contribution in [-0.4, -0.2) is 19.4 Å². The van der Waals surface area contributed by atoms with Crippen molar-refractivity contribution in [2.45, 2.75) is 90.1 Å². The monoisotopic (exact) mass is 310 g/mol. The van der Waals surface area contributed by atoms with E-state index in [1.54, 1.807) is 0 Å². The van der Waals surface area contributed by atoms with Gasteiger partial charge in [-0.2, -0.15) is 0 Å². The molecule has 0 N–H and O–H groups in total. The first-order valence-electron chi connectivity index (χ1n) is 9.47. The molecule has 2 saturated carbocycles. The Bertz CT molecular complexity index is 313. The van der Waals surface area contributed by atoms with E-state index in [0.717, 1.165) is 30.6 Å².